The maximum atomic E-state index is 14.4. The zero-order valence-corrected chi connectivity index (χ0v) is 21.1. The molecule has 2 unspecified atom stereocenters. The Labute approximate surface area is 211 Å². The van der Waals surface area contributed by atoms with Crippen LogP contribution < -0.4 is 0 Å². The lowest BCUT2D eigenvalue weighted by atomic mass is 9.73. The fourth-order valence-corrected chi connectivity index (χ4v) is 5.75. The van der Waals surface area contributed by atoms with Crippen molar-refractivity contribution in [2.24, 2.45) is 13.0 Å². The number of rotatable bonds is 7. The summed E-state index contributed by atoms with van der Waals surface area (Å²) >= 11 is 0. The zero-order valence-electron chi connectivity index (χ0n) is 21.1. The summed E-state index contributed by atoms with van der Waals surface area (Å²) in [7, 11) is 3.63. The van der Waals surface area contributed by atoms with E-state index >= 15 is 0 Å². The van der Waals surface area contributed by atoms with Crippen LogP contribution in [0.3, 0.4) is 0 Å². The number of fused-ring (bicyclic) bond motifs is 1. The molecule has 186 valence electrons. The average Bonchev–Trinajstić information content (AvgIpc) is 3.21. The molecular weight excluding hydrogens is 453 g/mol. The van der Waals surface area contributed by atoms with Gasteiger partial charge < -0.3 is 4.74 Å². The monoisotopic (exact) mass is 485 g/mol. The van der Waals surface area contributed by atoms with Gasteiger partial charge in [-0.05, 0) is 74.1 Å². The lowest BCUT2D eigenvalue weighted by Crippen LogP contribution is -2.40. The number of pyridine rings is 1. The molecule has 1 fully saturated rings. The fraction of sp³-hybridized carbons (Fsp3) is 0.367. The summed E-state index contributed by atoms with van der Waals surface area (Å²) in [4.78, 5) is 17.7. The van der Waals surface area contributed by atoms with Crippen molar-refractivity contribution in [1.82, 2.24) is 14.8 Å². The van der Waals surface area contributed by atoms with Gasteiger partial charge in [0.05, 0.1) is 11.1 Å². The van der Waals surface area contributed by atoms with Gasteiger partial charge in [0.15, 0.2) is 5.78 Å². The third-order valence-corrected chi connectivity index (χ3v) is 7.63. The molecule has 6 heteroatoms. The SMILES string of the molecule is COC1(Cc2ccccc2F)CCCC(CC(=O)c2ccc3c(c2)c(-c2ccnc(C)c2)nn3C)C1. The third-order valence-electron chi connectivity index (χ3n) is 7.63. The molecule has 5 rings (SSSR count). The van der Waals surface area contributed by atoms with E-state index < -0.39 is 5.60 Å². The Hall–Kier alpha value is -3.38. The summed E-state index contributed by atoms with van der Waals surface area (Å²) in [6, 6.07) is 16.7. The van der Waals surface area contributed by atoms with Crippen LogP contribution in [0, 0.1) is 18.7 Å². The first-order chi connectivity index (χ1) is 17.4. The quantitative estimate of drug-likeness (QED) is 0.281. The minimum atomic E-state index is -0.439. The van der Waals surface area contributed by atoms with E-state index in [9.17, 15) is 9.18 Å². The standard InChI is InChI=1S/C30H32FN3O2/c1-20-15-23(12-14-32-20)29-25-17-22(10-11-27(25)34(2)33-29)28(35)16-21-7-6-13-30(18-21,36-3)19-24-8-4-5-9-26(24)31/h4-5,8-12,14-15,17,21H,6-7,13,16,18-19H2,1-3H3. The normalized spacial score (nSPS) is 20.1. The number of benzene rings is 2. The number of methoxy groups -OCH3 is 1. The summed E-state index contributed by atoms with van der Waals surface area (Å²) in [6.07, 6.45) is 6.33. The van der Waals surface area contributed by atoms with Crippen LogP contribution in [0.1, 0.15) is 53.7 Å². The van der Waals surface area contributed by atoms with Crippen molar-refractivity contribution in [3.63, 3.8) is 0 Å². The van der Waals surface area contributed by atoms with Gasteiger partial charge in [0, 0.05) is 55.4 Å². The van der Waals surface area contributed by atoms with E-state index in [4.69, 9.17) is 9.84 Å². The van der Waals surface area contributed by atoms with Gasteiger partial charge in [0.2, 0.25) is 0 Å². The van der Waals surface area contributed by atoms with Crippen LogP contribution >= 0.6 is 0 Å². The Kier molecular flexibility index (Phi) is 6.71. The zero-order chi connectivity index (χ0) is 25.3. The number of aromatic nitrogens is 3. The molecule has 0 bridgehead atoms. The molecular formula is C30H32FN3O2. The van der Waals surface area contributed by atoms with Gasteiger partial charge in [0.25, 0.3) is 0 Å². The van der Waals surface area contributed by atoms with E-state index in [-0.39, 0.29) is 17.5 Å². The van der Waals surface area contributed by atoms with Gasteiger partial charge in [-0.15, -0.1) is 0 Å². The molecule has 36 heavy (non-hydrogen) atoms. The second kappa shape index (κ2) is 9.94. The number of ketones is 1. The summed E-state index contributed by atoms with van der Waals surface area (Å²) < 4.78 is 22.2. The summed E-state index contributed by atoms with van der Waals surface area (Å²) in [6.45, 7) is 1.96. The van der Waals surface area contributed by atoms with Crippen molar-refractivity contribution in [3.05, 3.63) is 83.4 Å². The summed E-state index contributed by atoms with van der Waals surface area (Å²) in [5, 5.41) is 5.69. The minimum Gasteiger partial charge on any atom is -0.378 e. The number of nitrogens with zero attached hydrogens (tertiary/aromatic N) is 3. The molecule has 0 spiro atoms. The highest BCUT2D eigenvalue weighted by Gasteiger charge is 2.38. The van der Waals surface area contributed by atoms with Crippen molar-refractivity contribution in [3.8, 4) is 11.3 Å². The van der Waals surface area contributed by atoms with Crippen LogP contribution in [0.15, 0.2) is 60.8 Å². The number of aryl methyl sites for hydroxylation is 2. The van der Waals surface area contributed by atoms with Gasteiger partial charge in [-0.1, -0.05) is 24.6 Å². The van der Waals surface area contributed by atoms with E-state index in [2.05, 4.69) is 4.98 Å². The molecule has 1 aliphatic rings. The van der Waals surface area contributed by atoms with Crippen molar-refractivity contribution < 1.29 is 13.9 Å². The molecule has 0 amide bonds. The highest BCUT2D eigenvalue weighted by Crippen LogP contribution is 2.40. The van der Waals surface area contributed by atoms with E-state index in [0.29, 0.717) is 24.0 Å². The van der Waals surface area contributed by atoms with Crippen LogP contribution in [0.25, 0.3) is 22.2 Å². The van der Waals surface area contributed by atoms with Gasteiger partial charge in [-0.2, -0.15) is 5.10 Å². The number of ether oxygens (including phenoxy) is 1. The fourth-order valence-electron chi connectivity index (χ4n) is 5.75. The Morgan fingerprint density at radius 1 is 1.19 bits per heavy atom. The molecule has 2 heterocycles. The first-order valence-electron chi connectivity index (χ1n) is 12.6. The maximum absolute atomic E-state index is 14.4. The van der Waals surface area contributed by atoms with Crippen LogP contribution in [0.2, 0.25) is 0 Å². The van der Waals surface area contributed by atoms with E-state index in [1.54, 1.807) is 19.4 Å². The van der Waals surface area contributed by atoms with Gasteiger partial charge >= 0.3 is 0 Å². The lowest BCUT2D eigenvalue weighted by molar-refractivity contribution is -0.0545. The topological polar surface area (TPSA) is 57.0 Å². The molecule has 0 N–H and O–H groups in total. The predicted octanol–water partition coefficient (Wildman–Crippen LogP) is 6.47. The number of hydrogen-bond donors (Lipinski definition) is 0. The van der Waals surface area contributed by atoms with Crippen molar-refractivity contribution in [1.29, 1.82) is 0 Å². The Morgan fingerprint density at radius 2 is 2.03 bits per heavy atom. The van der Waals surface area contributed by atoms with Gasteiger partial charge in [-0.3, -0.25) is 14.5 Å². The second-order valence-corrected chi connectivity index (χ2v) is 10.1. The number of Topliss-reactive ketones (excluding diaryl/α,β-unsaturated/α-hetero) is 1. The molecule has 2 atom stereocenters. The highest BCUT2D eigenvalue weighted by atomic mass is 19.1. The van der Waals surface area contributed by atoms with E-state index in [1.165, 1.54) is 6.07 Å². The van der Waals surface area contributed by atoms with Crippen LogP contribution in [-0.2, 0) is 18.2 Å². The Balaban J connectivity index is 1.37. The molecule has 2 aromatic heterocycles. The Morgan fingerprint density at radius 3 is 2.81 bits per heavy atom. The third kappa shape index (κ3) is 4.82. The van der Waals surface area contributed by atoms with Crippen molar-refractivity contribution in [2.75, 3.05) is 7.11 Å². The summed E-state index contributed by atoms with van der Waals surface area (Å²) in [5.41, 5.74) is 4.68. The second-order valence-electron chi connectivity index (χ2n) is 10.1. The molecule has 2 aromatic carbocycles. The van der Waals surface area contributed by atoms with Crippen molar-refractivity contribution in [2.45, 2.75) is 51.0 Å². The van der Waals surface area contributed by atoms with Gasteiger partial charge in [-0.25, -0.2) is 4.39 Å². The van der Waals surface area contributed by atoms with Gasteiger partial charge in [0.1, 0.15) is 11.5 Å². The lowest BCUT2D eigenvalue weighted by Gasteiger charge is -2.40. The molecule has 0 radical (unpaired) electrons. The largest absolute Gasteiger partial charge is 0.378 e. The Bertz CT molecular complexity index is 1410. The van der Waals surface area contributed by atoms with Crippen LogP contribution in [-0.4, -0.2) is 33.3 Å². The number of carbonyl (C=O) groups is 1. The molecule has 5 nitrogen and oxygen atoms in total. The smallest absolute Gasteiger partial charge is 0.163 e. The van der Waals surface area contributed by atoms with Crippen LogP contribution in [0.4, 0.5) is 4.39 Å². The first-order valence-corrected chi connectivity index (χ1v) is 12.6. The minimum absolute atomic E-state index is 0.125. The molecule has 1 saturated carbocycles. The maximum Gasteiger partial charge on any atom is 0.163 e. The molecule has 0 aliphatic heterocycles. The molecule has 1 aliphatic carbocycles. The first kappa shape index (κ1) is 24.3. The summed E-state index contributed by atoms with van der Waals surface area (Å²) in [5.74, 6) is 0.127. The predicted molar refractivity (Wildman–Crippen MR) is 139 cm³/mol. The van der Waals surface area contributed by atoms with E-state index in [1.807, 2.05) is 61.1 Å². The van der Waals surface area contributed by atoms with Crippen LogP contribution in [0.5, 0.6) is 0 Å². The average molecular weight is 486 g/mol. The van der Waals surface area contributed by atoms with Crippen molar-refractivity contribution >= 4 is 16.7 Å². The number of halogens is 1. The number of carbonyl (C=O) groups excluding carboxylic acids is 1. The molecule has 0 saturated heterocycles. The molecule has 4 aromatic rings. The van der Waals surface area contributed by atoms with E-state index in [0.717, 1.165) is 53.5 Å². The highest BCUT2D eigenvalue weighted by molar-refractivity contribution is 6.02. The number of hydrogen-bond acceptors (Lipinski definition) is 4.